The second-order valence-electron chi connectivity index (χ2n) is 8.08. The molecule has 0 bridgehead atoms. The highest BCUT2D eigenvalue weighted by atomic mass is 16.6. The molecule has 2 aromatic rings. The van der Waals surface area contributed by atoms with Crippen molar-refractivity contribution in [3.05, 3.63) is 48.0 Å². The van der Waals surface area contributed by atoms with Crippen LogP contribution in [0.2, 0.25) is 0 Å². The third kappa shape index (κ3) is 6.39. The SMILES string of the molecule is CC(C)(CCNCc1cccc2ccccc12)NC(=O)OC(C)(C)C. The van der Waals surface area contributed by atoms with Crippen molar-refractivity contribution in [3.8, 4) is 0 Å². The number of carbonyl (C=O) groups is 1. The smallest absolute Gasteiger partial charge is 0.408 e. The summed E-state index contributed by atoms with van der Waals surface area (Å²) >= 11 is 0. The van der Waals surface area contributed by atoms with Gasteiger partial charge in [0.1, 0.15) is 5.60 Å². The normalized spacial score (nSPS) is 12.2. The molecule has 136 valence electrons. The molecule has 0 saturated carbocycles. The molecule has 0 radical (unpaired) electrons. The second-order valence-corrected chi connectivity index (χ2v) is 8.08. The first kappa shape index (κ1) is 19.3. The maximum absolute atomic E-state index is 11.9. The van der Waals surface area contributed by atoms with Crippen molar-refractivity contribution in [2.75, 3.05) is 6.54 Å². The number of rotatable bonds is 6. The molecule has 2 rings (SSSR count). The lowest BCUT2D eigenvalue weighted by molar-refractivity contribution is 0.0468. The number of amides is 1. The zero-order valence-corrected chi connectivity index (χ0v) is 16.0. The minimum absolute atomic E-state index is 0.325. The van der Waals surface area contributed by atoms with Gasteiger partial charge in [0.15, 0.2) is 0 Å². The van der Waals surface area contributed by atoms with Gasteiger partial charge in [-0.3, -0.25) is 0 Å². The molecular formula is C21H30N2O2. The molecule has 0 heterocycles. The van der Waals surface area contributed by atoms with Crippen LogP contribution in [0.25, 0.3) is 10.8 Å². The average molecular weight is 342 g/mol. The molecule has 4 nitrogen and oxygen atoms in total. The number of nitrogens with one attached hydrogen (secondary N) is 2. The minimum Gasteiger partial charge on any atom is -0.444 e. The molecule has 25 heavy (non-hydrogen) atoms. The fourth-order valence-electron chi connectivity index (χ4n) is 2.71. The molecule has 0 aromatic heterocycles. The number of hydrogen-bond donors (Lipinski definition) is 2. The van der Waals surface area contributed by atoms with Crippen molar-refractivity contribution < 1.29 is 9.53 Å². The van der Waals surface area contributed by atoms with Gasteiger partial charge in [-0.1, -0.05) is 42.5 Å². The highest BCUT2D eigenvalue weighted by molar-refractivity contribution is 5.85. The van der Waals surface area contributed by atoms with E-state index in [1.54, 1.807) is 0 Å². The zero-order chi connectivity index (χ0) is 18.5. The van der Waals surface area contributed by atoms with Crippen molar-refractivity contribution in [3.63, 3.8) is 0 Å². The Kier molecular flexibility index (Phi) is 6.07. The van der Waals surface area contributed by atoms with Gasteiger partial charge in [-0.05, 0) is 63.9 Å². The van der Waals surface area contributed by atoms with E-state index in [-0.39, 0.29) is 11.6 Å². The number of hydrogen-bond acceptors (Lipinski definition) is 3. The summed E-state index contributed by atoms with van der Waals surface area (Å²) in [6, 6.07) is 14.8. The highest BCUT2D eigenvalue weighted by Crippen LogP contribution is 2.18. The number of alkyl carbamates (subject to hydrolysis) is 1. The Hall–Kier alpha value is -2.07. The largest absolute Gasteiger partial charge is 0.444 e. The fourth-order valence-corrected chi connectivity index (χ4v) is 2.71. The Balaban J connectivity index is 1.82. The summed E-state index contributed by atoms with van der Waals surface area (Å²) in [5, 5.41) is 8.96. The van der Waals surface area contributed by atoms with Crippen molar-refractivity contribution in [2.45, 2.75) is 58.7 Å². The molecule has 0 atom stereocenters. The van der Waals surface area contributed by atoms with E-state index < -0.39 is 5.60 Å². The minimum atomic E-state index is -0.479. The summed E-state index contributed by atoms with van der Waals surface area (Å²) < 4.78 is 5.33. The number of carbonyl (C=O) groups excluding carboxylic acids is 1. The van der Waals surface area contributed by atoms with Crippen LogP contribution in [0.5, 0.6) is 0 Å². The van der Waals surface area contributed by atoms with Gasteiger partial charge >= 0.3 is 6.09 Å². The Morgan fingerprint density at radius 1 is 1.00 bits per heavy atom. The fraction of sp³-hybridized carbons (Fsp3) is 0.476. The Bertz CT molecular complexity index is 712. The molecule has 2 aromatic carbocycles. The van der Waals surface area contributed by atoms with Crippen LogP contribution in [0.4, 0.5) is 4.79 Å². The predicted molar refractivity (Wildman–Crippen MR) is 104 cm³/mol. The predicted octanol–water partition coefficient (Wildman–Crippen LogP) is 4.62. The first-order valence-corrected chi connectivity index (χ1v) is 8.85. The average Bonchev–Trinajstić information content (AvgIpc) is 2.49. The third-order valence-electron chi connectivity index (χ3n) is 3.96. The molecule has 0 aliphatic heterocycles. The molecule has 0 spiro atoms. The van der Waals surface area contributed by atoms with E-state index >= 15 is 0 Å². The summed E-state index contributed by atoms with van der Waals surface area (Å²) in [6.45, 7) is 11.2. The lowest BCUT2D eigenvalue weighted by Crippen LogP contribution is -2.47. The van der Waals surface area contributed by atoms with Crippen LogP contribution in [-0.2, 0) is 11.3 Å². The molecule has 0 aliphatic rings. The van der Waals surface area contributed by atoms with Gasteiger partial charge in [0.05, 0.1) is 0 Å². The van der Waals surface area contributed by atoms with Crippen molar-refractivity contribution >= 4 is 16.9 Å². The standard InChI is InChI=1S/C21H30N2O2/c1-20(2,3)25-19(24)23-21(4,5)13-14-22-15-17-11-8-10-16-9-6-7-12-18(16)17/h6-12,22H,13-15H2,1-5H3,(H,23,24). The summed E-state index contributed by atoms with van der Waals surface area (Å²) in [4.78, 5) is 11.9. The molecule has 0 saturated heterocycles. The first-order valence-electron chi connectivity index (χ1n) is 8.85. The van der Waals surface area contributed by atoms with Crippen LogP contribution >= 0.6 is 0 Å². The summed E-state index contributed by atoms with van der Waals surface area (Å²) in [5.74, 6) is 0. The van der Waals surface area contributed by atoms with Crippen LogP contribution in [0.1, 0.15) is 46.6 Å². The van der Waals surface area contributed by atoms with E-state index in [9.17, 15) is 4.79 Å². The second kappa shape index (κ2) is 7.87. The number of fused-ring (bicyclic) bond motifs is 1. The molecule has 1 amide bonds. The van der Waals surface area contributed by atoms with Crippen LogP contribution in [0.3, 0.4) is 0 Å². The first-order chi connectivity index (χ1) is 11.7. The van der Waals surface area contributed by atoms with E-state index in [1.807, 2.05) is 34.6 Å². The van der Waals surface area contributed by atoms with Crippen LogP contribution in [0.15, 0.2) is 42.5 Å². The monoisotopic (exact) mass is 342 g/mol. The van der Waals surface area contributed by atoms with Crippen LogP contribution in [0, 0.1) is 0 Å². The maximum atomic E-state index is 11.9. The maximum Gasteiger partial charge on any atom is 0.408 e. The van der Waals surface area contributed by atoms with E-state index in [2.05, 4.69) is 53.1 Å². The number of benzene rings is 2. The molecule has 0 aliphatic carbocycles. The molecule has 0 fully saturated rings. The summed E-state index contributed by atoms with van der Waals surface area (Å²) in [6.07, 6.45) is 0.448. The molecule has 2 N–H and O–H groups in total. The summed E-state index contributed by atoms with van der Waals surface area (Å²) in [7, 11) is 0. The van der Waals surface area contributed by atoms with Gasteiger partial charge in [0.25, 0.3) is 0 Å². The molecule has 0 unspecified atom stereocenters. The Labute approximate surface area is 151 Å². The van der Waals surface area contributed by atoms with Gasteiger partial charge in [-0.2, -0.15) is 0 Å². The highest BCUT2D eigenvalue weighted by Gasteiger charge is 2.24. The van der Waals surface area contributed by atoms with Crippen molar-refractivity contribution in [2.24, 2.45) is 0 Å². The summed E-state index contributed by atoms with van der Waals surface area (Å²) in [5.41, 5.74) is 0.483. The topological polar surface area (TPSA) is 50.4 Å². The Morgan fingerprint density at radius 2 is 1.68 bits per heavy atom. The lowest BCUT2D eigenvalue weighted by atomic mass is 10.0. The Morgan fingerprint density at radius 3 is 2.40 bits per heavy atom. The quantitative estimate of drug-likeness (QED) is 0.753. The van der Waals surface area contributed by atoms with E-state index in [0.717, 1.165) is 19.5 Å². The van der Waals surface area contributed by atoms with E-state index in [1.165, 1.54) is 16.3 Å². The van der Waals surface area contributed by atoms with Gasteiger partial charge in [0.2, 0.25) is 0 Å². The van der Waals surface area contributed by atoms with Gasteiger partial charge < -0.3 is 15.4 Å². The number of ether oxygens (including phenoxy) is 1. The lowest BCUT2D eigenvalue weighted by Gasteiger charge is -2.28. The van der Waals surface area contributed by atoms with E-state index in [4.69, 9.17) is 4.74 Å². The molecular weight excluding hydrogens is 312 g/mol. The van der Waals surface area contributed by atoms with Crippen molar-refractivity contribution in [1.29, 1.82) is 0 Å². The van der Waals surface area contributed by atoms with Gasteiger partial charge in [-0.25, -0.2) is 4.79 Å². The van der Waals surface area contributed by atoms with Gasteiger partial charge in [0, 0.05) is 12.1 Å². The van der Waals surface area contributed by atoms with Crippen LogP contribution in [-0.4, -0.2) is 23.8 Å². The zero-order valence-electron chi connectivity index (χ0n) is 16.0. The molecule has 4 heteroatoms. The third-order valence-corrected chi connectivity index (χ3v) is 3.96. The van der Waals surface area contributed by atoms with Crippen molar-refractivity contribution in [1.82, 2.24) is 10.6 Å². The van der Waals surface area contributed by atoms with E-state index in [0.29, 0.717) is 0 Å². The van der Waals surface area contributed by atoms with Crippen LogP contribution < -0.4 is 10.6 Å². The van der Waals surface area contributed by atoms with Gasteiger partial charge in [-0.15, -0.1) is 0 Å².